The molecular weight excluding hydrogens is 283 g/mol. The van der Waals surface area contributed by atoms with Crippen LogP contribution >= 0.6 is 0 Å². The summed E-state index contributed by atoms with van der Waals surface area (Å²) in [4.78, 5) is 11.6. The van der Waals surface area contributed by atoms with Gasteiger partial charge in [-0.25, -0.2) is 0 Å². The van der Waals surface area contributed by atoms with Gasteiger partial charge in [0.05, 0.1) is 6.61 Å². The molecule has 1 rings (SSSR count). The third-order valence-corrected chi connectivity index (χ3v) is 3.04. The Kier molecular flexibility index (Phi) is 6.20. The molecule has 1 N–H and O–H groups in total. The van der Waals surface area contributed by atoms with Crippen LogP contribution in [0.3, 0.4) is 0 Å². The summed E-state index contributed by atoms with van der Waals surface area (Å²) in [6.45, 7) is 4.74. The molecule has 0 bridgehead atoms. The lowest BCUT2D eigenvalue weighted by atomic mass is 10.00. The van der Waals surface area contributed by atoms with Gasteiger partial charge >= 0.3 is 6.18 Å². The molecule has 0 saturated carbocycles. The Morgan fingerprint density at radius 1 is 1.19 bits per heavy atom. The number of hydrogen-bond donors (Lipinski definition) is 1. The number of benzene rings is 1. The monoisotopic (exact) mass is 303 g/mol. The lowest BCUT2D eigenvalue weighted by Crippen LogP contribution is -2.26. The highest BCUT2D eigenvalue weighted by Crippen LogP contribution is 2.16. The van der Waals surface area contributed by atoms with Crippen LogP contribution in [-0.2, 0) is 16.1 Å². The van der Waals surface area contributed by atoms with Crippen LogP contribution < -0.4 is 5.32 Å². The molecule has 0 radical (unpaired) electrons. The Bertz CT molecular complexity index is 475. The molecule has 118 valence electrons. The van der Waals surface area contributed by atoms with Crippen LogP contribution in [0.1, 0.15) is 28.7 Å². The quantitative estimate of drug-likeness (QED) is 0.820. The summed E-state index contributed by atoms with van der Waals surface area (Å²) in [6, 6.07) is 4.06. The fourth-order valence-electron chi connectivity index (χ4n) is 2.12. The Morgan fingerprint density at radius 2 is 1.76 bits per heavy atom. The lowest BCUT2D eigenvalue weighted by molar-refractivity contribution is -0.174. The first-order valence-electron chi connectivity index (χ1n) is 6.67. The first-order chi connectivity index (χ1) is 9.69. The molecular formula is C15H20F3NO2. The van der Waals surface area contributed by atoms with Gasteiger partial charge in [0.1, 0.15) is 6.61 Å². The summed E-state index contributed by atoms with van der Waals surface area (Å²) < 4.78 is 39.9. The number of hydrogen-bond acceptors (Lipinski definition) is 2. The third-order valence-electron chi connectivity index (χ3n) is 3.04. The highest BCUT2D eigenvalue weighted by Gasteiger charge is 2.27. The summed E-state index contributed by atoms with van der Waals surface area (Å²) in [5, 5.41) is 2.70. The average molecular weight is 303 g/mol. The zero-order valence-corrected chi connectivity index (χ0v) is 12.4. The zero-order valence-electron chi connectivity index (χ0n) is 12.4. The maximum atomic E-state index is 11.8. The summed E-state index contributed by atoms with van der Waals surface area (Å²) in [5.74, 6) is -0.323. The van der Waals surface area contributed by atoms with Gasteiger partial charge in [0.25, 0.3) is 0 Å². The van der Waals surface area contributed by atoms with E-state index in [2.05, 4.69) is 10.1 Å². The van der Waals surface area contributed by atoms with Gasteiger partial charge in [-0.15, -0.1) is 0 Å². The van der Waals surface area contributed by atoms with Crippen LogP contribution in [0.5, 0.6) is 0 Å². The number of carbonyl (C=O) groups is 1. The second-order valence-corrected chi connectivity index (χ2v) is 5.07. The average Bonchev–Trinajstić information content (AvgIpc) is 2.32. The molecule has 6 heteroatoms. The van der Waals surface area contributed by atoms with Gasteiger partial charge < -0.3 is 10.1 Å². The Hall–Kier alpha value is -1.56. The normalized spacial score (nSPS) is 11.5. The van der Waals surface area contributed by atoms with Gasteiger partial charge in [-0.2, -0.15) is 13.2 Å². The summed E-state index contributed by atoms with van der Waals surface area (Å²) in [7, 11) is 0. The third kappa shape index (κ3) is 6.62. The van der Waals surface area contributed by atoms with Crippen molar-refractivity contribution in [2.24, 2.45) is 0 Å². The van der Waals surface area contributed by atoms with Gasteiger partial charge in [-0.3, -0.25) is 4.79 Å². The second-order valence-electron chi connectivity index (χ2n) is 5.07. The fraction of sp³-hybridized carbons (Fsp3) is 0.533. The molecule has 0 heterocycles. The van der Waals surface area contributed by atoms with Crippen molar-refractivity contribution in [2.75, 3.05) is 13.2 Å². The molecule has 1 amide bonds. The maximum Gasteiger partial charge on any atom is 0.411 e. The summed E-state index contributed by atoms with van der Waals surface area (Å²) >= 11 is 0. The largest absolute Gasteiger partial charge is 0.411 e. The molecule has 1 aromatic rings. The van der Waals surface area contributed by atoms with Crippen molar-refractivity contribution in [3.63, 3.8) is 0 Å². The van der Waals surface area contributed by atoms with Crippen molar-refractivity contribution in [3.05, 3.63) is 34.4 Å². The van der Waals surface area contributed by atoms with Crippen LogP contribution in [0.25, 0.3) is 0 Å². The zero-order chi connectivity index (χ0) is 16.0. The first-order valence-corrected chi connectivity index (χ1v) is 6.67. The predicted octanol–water partition coefficient (Wildman–Crippen LogP) is 3.20. The molecule has 0 spiro atoms. The van der Waals surface area contributed by atoms with Gasteiger partial charge in [0, 0.05) is 13.0 Å². The van der Waals surface area contributed by atoms with Crippen molar-refractivity contribution in [1.82, 2.24) is 5.32 Å². The van der Waals surface area contributed by atoms with Crippen LogP contribution in [-0.4, -0.2) is 25.3 Å². The minimum atomic E-state index is -4.35. The SMILES string of the molecule is Cc1cc(C)c(CNC(=O)CCOCC(F)(F)F)c(C)c1. The van der Waals surface area contributed by atoms with E-state index in [4.69, 9.17) is 0 Å². The highest BCUT2D eigenvalue weighted by molar-refractivity contribution is 5.76. The van der Waals surface area contributed by atoms with Gasteiger partial charge in [0.2, 0.25) is 5.91 Å². The van der Waals surface area contributed by atoms with E-state index in [1.165, 1.54) is 0 Å². The molecule has 0 saturated heterocycles. The molecule has 0 aromatic heterocycles. The molecule has 3 nitrogen and oxygen atoms in total. The van der Waals surface area contributed by atoms with Gasteiger partial charge in [-0.05, 0) is 37.5 Å². The van der Waals surface area contributed by atoms with E-state index in [1.807, 2.05) is 32.9 Å². The smallest absolute Gasteiger partial charge is 0.372 e. The fourth-order valence-corrected chi connectivity index (χ4v) is 2.12. The van der Waals surface area contributed by atoms with Gasteiger partial charge in [0.15, 0.2) is 0 Å². The Balaban J connectivity index is 2.37. The van der Waals surface area contributed by atoms with Crippen molar-refractivity contribution >= 4 is 5.91 Å². The van der Waals surface area contributed by atoms with Crippen molar-refractivity contribution in [1.29, 1.82) is 0 Å². The summed E-state index contributed by atoms with van der Waals surface area (Å²) in [6.07, 6.45) is -4.44. The minimum Gasteiger partial charge on any atom is -0.372 e. The molecule has 0 aliphatic carbocycles. The van der Waals surface area contributed by atoms with Crippen LogP contribution in [0.4, 0.5) is 13.2 Å². The van der Waals surface area contributed by atoms with E-state index in [-0.39, 0.29) is 18.9 Å². The predicted molar refractivity (Wildman–Crippen MR) is 74.0 cm³/mol. The molecule has 0 unspecified atom stereocenters. The topological polar surface area (TPSA) is 38.3 Å². The van der Waals surface area contributed by atoms with Crippen molar-refractivity contribution < 1.29 is 22.7 Å². The molecule has 0 fully saturated rings. The number of carbonyl (C=O) groups excluding carboxylic acids is 1. The number of aryl methyl sites for hydroxylation is 3. The number of alkyl halides is 3. The number of amides is 1. The van der Waals surface area contributed by atoms with Crippen LogP contribution in [0.15, 0.2) is 12.1 Å². The highest BCUT2D eigenvalue weighted by atomic mass is 19.4. The van der Waals surface area contributed by atoms with Crippen molar-refractivity contribution in [2.45, 2.75) is 39.9 Å². The molecule has 0 aliphatic heterocycles. The molecule has 1 aromatic carbocycles. The van der Waals surface area contributed by atoms with Crippen LogP contribution in [0.2, 0.25) is 0 Å². The Labute approximate surface area is 122 Å². The molecule has 0 atom stereocenters. The summed E-state index contributed by atoms with van der Waals surface area (Å²) in [5.41, 5.74) is 4.35. The van der Waals surface area contributed by atoms with E-state index in [1.54, 1.807) is 0 Å². The molecule has 0 aliphatic rings. The van der Waals surface area contributed by atoms with E-state index in [9.17, 15) is 18.0 Å². The number of rotatable bonds is 6. The second kappa shape index (κ2) is 7.45. The van der Waals surface area contributed by atoms with Crippen LogP contribution in [0, 0.1) is 20.8 Å². The van der Waals surface area contributed by atoms with E-state index in [0.29, 0.717) is 6.54 Å². The standard InChI is InChI=1S/C15H20F3NO2/c1-10-6-11(2)13(12(3)7-10)8-19-14(20)4-5-21-9-15(16,17)18/h6-7H,4-5,8-9H2,1-3H3,(H,19,20). The maximum absolute atomic E-state index is 11.8. The van der Waals surface area contributed by atoms with E-state index >= 15 is 0 Å². The first kappa shape index (κ1) is 17.5. The number of ether oxygens (including phenoxy) is 1. The molecule has 21 heavy (non-hydrogen) atoms. The lowest BCUT2D eigenvalue weighted by Gasteiger charge is -2.12. The minimum absolute atomic E-state index is 0.0833. The van der Waals surface area contributed by atoms with Gasteiger partial charge in [-0.1, -0.05) is 17.7 Å². The van der Waals surface area contributed by atoms with E-state index < -0.39 is 12.8 Å². The number of nitrogens with one attached hydrogen (secondary N) is 1. The van der Waals surface area contributed by atoms with E-state index in [0.717, 1.165) is 22.3 Å². The Morgan fingerprint density at radius 3 is 2.29 bits per heavy atom. The number of halogens is 3. The van der Waals surface area contributed by atoms with Crippen molar-refractivity contribution in [3.8, 4) is 0 Å².